The molecule has 4 aliphatic rings. The molecule has 8 rings (SSSR count). The quantitative estimate of drug-likeness (QED) is 0.0182. The molecule has 2 saturated heterocycles. The molecule has 2 aromatic carbocycles. The fourth-order valence-corrected chi connectivity index (χ4v) is 9.21. The van der Waals surface area contributed by atoms with E-state index in [1.807, 2.05) is 22.6 Å². The van der Waals surface area contributed by atoms with Gasteiger partial charge in [-0.1, -0.05) is 12.1 Å². The monoisotopic (exact) mass is 1340 g/mol. The van der Waals surface area contributed by atoms with Crippen LogP contribution in [0.4, 0.5) is 27.2 Å². The van der Waals surface area contributed by atoms with E-state index >= 15 is 0 Å². The fraction of sp³-hybridized carbons (Fsp3) is 0.453. The van der Waals surface area contributed by atoms with Gasteiger partial charge in [-0.25, -0.2) is 27.2 Å². The number of nitrogens with one attached hydrogen (secondary N) is 2. The first-order valence-electron chi connectivity index (χ1n) is 24.9. The molecule has 2 amide bonds. The topological polar surface area (TPSA) is 305 Å². The summed E-state index contributed by atoms with van der Waals surface area (Å²) in [5.41, 5.74) is -4.58. The SMILES string of the molecule is CC(C)OC(=O)OCI.CC(C)OC(=O)OCOc1c2n(cc(C(=O)NCc3ccc(F)cc3F)c1=O)C[C@@H]1OCCC[C@]1(C)C2=O.C[C@]12CCCO[C@H]1Cn1cc(C(=O)NCc3ccc(F)cc3F)c(=O)c(O)c1C2=O.O=CO[O-].[H-].[K+].[K+]. The number of hydrogen-bond acceptors (Lipinski definition) is 19. The number of carbonyl (C=O) groups is 7. The molecule has 4 aromatic rings. The van der Waals surface area contributed by atoms with Crippen LogP contribution in [0, 0.1) is 34.1 Å². The van der Waals surface area contributed by atoms with Crippen LogP contribution in [0.5, 0.6) is 11.5 Å². The molecule has 0 unspecified atom stereocenters. The number of fused-ring (bicyclic) bond motifs is 4. The van der Waals surface area contributed by atoms with Crippen molar-refractivity contribution in [1.29, 1.82) is 0 Å². The third kappa shape index (κ3) is 18.9. The first kappa shape index (κ1) is 73.1. The maximum atomic E-state index is 14.0. The van der Waals surface area contributed by atoms with Gasteiger partial charge < -0.3 is 69.6 Å². The van der Waals surface area contributed by atoms with E-state index in [9.17, 15) is 61.0 Å². The van der Waals surface area contributed by atoms with E-state index in [4.69, 9.17) is 33.7 Å². The van der Waals surface area contributed by atoms with Gasteiger partial charge in [-0.05, 0) is 102 Å². The molecule has 0 aliphatic carbocycles. The predicted octanol–water partition coefficient (Wildman–Crippen LogP) is -0.0246. The number of aromatic nitrogens is 2. The molecular weight excluding hydrogens is 1280 g/mol. The number of ketones is 2. The number of amides is 2. The van der Waals surface area contributed by atoms with Gasteiger partial charge >= 0.3 is 115 Å². The van der Waals surface area contributed by atoms with Crippen molar-refractivity contribution >= 4 is 64.8 Å². The van der Waals surface area contributed by atoms with Crippen molar-refractivity contribution in [1.82, 2.24) is 19.8 Å². The Balaban J connectivity index is 0.000000467. The standard InChI is InChI=1S/C26H28F2N2O8.C21H20F2N2O5.C5H9IO3.CH2O3.2K.H/c1-14(2)38-25(34)37-13-36-22-20-23(32)26(3)7-4-8-35-19(26)12-30(20)11-17(21(22)31)24(33)29-10-15-5-6-16(27)9-18(15)28;1-21-5-2-6-30-15(21)10-25-9-13(17(26)18(27)16(25)19(21)28)20(29)24-8-11-3-4-12(22)7-14(11)23;1-4(2)9-5(7)8-3-6;2-1-4-3;;;/h5-6,9,11,14,19H,4,7-8,10,12-13H2,1-3H3,(H,29,33);3-4,7,9,15,27H,2,5-6,8,10H2,1H3,(H,24,29);4H,3H2,1-2H3;1,3H;;;/q;;;;2*+1;-1/p-1/t19-,26-;15-,21-;;;;;/m00...../s1. The molecule has 0 spiro atoms. The van der Waals surface area contributed by atoms with Crippen LogP contribution in [0.3, 0.4) is 0 Å². The number of carbonyl (C=O) groups excluding carboxylic acids is 7. The van der Waals surface area contributed by atoms with Crippen LogP contribution in [-0.2, 0) is 64.3 Å². The van der Waals surface area contributed by atoms with E-state index in [0.717, 1.165) is 12.1 Å². The van der Waals surface area contributed by atoms with Gasteiger partial charge in [-0.3, -0.25) is 33.6 Å². The van der Waals surface area contributed by atoms with E-state index < -0.39 is 117 Å². The number of benzene rings is 2. The van der Waals surface area contributed by atoms with Crippen LogP contribution in [0.15, 0.2) is 58.4 Å². The van der Waals surface area contributed by atoms with Crippen LogP contribution in [0.25, 0.3) is 0 Å². The zero-order chi connectivity index (χ0) is 59.9. The molecule has 23 nitrogen and oxygen atoms in total. The van der Waals surface area contributed by atoms with Crippen molar-refractivity contribution in [3.63, 3.8) is 0 Å². The van der Waals surface area contributed by atoms with Gasteiger partial charge in [-0.2, -0.15) is 0 Å². The minimum Gasteiger partial charge on any atom is -1.00 e. The van der Waals surface area contributed by atoms with Gasteiger partial charge in [0.05, 0.1) is 48.3 Å². The van der Waals surface area contributed by atoms with Crippen molar-refractivity contribution in [2.45, 2.75) is 118 Å². The summed E-state index contributed by atoms with van der Waals surface area (Å²) in [4.78, 5) is 112. The van der Waals surface area contributed by atoms with Crippen LogP contribution < -0.4 is 134 Å². The molecular formula is C53H59F4IK2N4O19. The number of Topliss-reactive ketones (excluding diaryl/α,β-unsaturated/α-hetero) is 2. The Hall–Kier alpha value is -4.17. The number of halogens is 5. The molecule has 4 atom stereocenters. The Morgan fingerprint density at radius 3 is 1.59 bits per heavy atom. The van der Waals surface area contributed by atoms with Crippen molar-refractivity contribution in [3.05, 3.63) is 126 Å². The molecule has 30 heteroatoms. The molecule has 0 bridgehead atoms. The van der Waals surface area contributed by atoms with Crippen LogP contribution in [0.2, 0.25) is 0 Å². The van der Waals surface area contributed by atoms with Crippen molar-refractivity contribution < 1.29 is 204 Å². The number of pyridine rings is 2. The molecule has 0 saturated carbocycles. The molecule has 2 fully saturated rings. The normalized spacial score (nSPS) is 18.9. The van der Waals surface area contributed by atoms with E-state index in [1.165, 1.54) is 33.7 Å². The van der Waals surface area contributed by atoms with E-state index in [-0.39, 0.29) is 177 Å². The minimum atomic E-state index is -1.04. The average molecular weight is 1340 g/mol. The first-order chi connectivity index (χ1) is 38.3. The second-order valence-corrected chi connectivity index (χ2v) is 20.0. The maximum absolute atomic E-state index is 14.0. The third-order valence-corrected chi connectivity index (χ3v) is 13.4. The largest absolute Gasteiger partial charge is 1.00 e. The zero-order valence-electron chi connectivity index (χ0n) is 47.6. The summed E-state index contributed by atoms with van der Waals surface area (Å²) >= 11 is 1.93. The van der Waals surface area contributed by atoms with Crippen molar-refractivity contribution in [2.75, 3.05) is 24.6 Å². The summed E-state index contributed by atoms with van der Waals surface area (Å²) < 4.78 is 93.0. The number of alkyl halides is 1. The summed E-state index contributed by atoms with van der Waals surface area (Å²) in [5.74, 6) is -6.97. The van der Waals surface area contributed by atoms with Crippen LogP contribution in [0.1, 0.15) is 121 Å². The average Bonchev–Trinajstić information content (AvgIpc) is 3.12. The molecule has 4 aliphatic heterocycles. The van der Waals surface area contributed by atoms with Gasteiger partial charge in [0, 0.05) is 62.0 Å². The number of rotatable bonds is 13. The third-order valence-electron chi connectivity index (χ3n) is 13.1. The Kier molecular flexibility index (Phi) is 29.6. The molecule has 442 valence electrons. The van der Waals surface area contributed by atoms with Gasteiger partial charge in [0.2, 0.25) is 17.7 Å². The summed E-state index contributed by atoms with van der Waals surface area (Å²) in [7, 11) is 0. The number of aromatic hydroxyl groups is 1. The van der Waals surface area contributed by atoms with Crippen LogP contribution in [-0.4, -0.2) is 105 Å². The van der Waals surface area contributed by atoms with Crippen molar-refractivity contribution in [2.24, 2.45) is 10.8 Å². The second kappa shape index (κ2) is 33.7. The summed E-state index contributed by atoms with van der Waals surface area (Å²) in [6.07, 6.45) is 1.79. The Labute approximate surface area is 572 Å². The molecule has 2 aromatic heterocycles. The Morgan fingerprint density at radius 2 is 1.17 bits per heavy atom. The van der Waals surface area contributed by atoms with E-state index in [2.05, 4.69) is 25.0 Å². The molecule has 83 heavy (non-hydrogen) atoms. The molecule has 6 heterocycles. The van der Waals surface area contributed by atoms with E-state index in [1.54, 1.807) is 41.5 Å². The smallest absolute Gasteiger partial charge is 1.00 e. The van der Waals surface area contributed by atoms with E-state index in [0.29, 0.717) is 55.6 Å². The number of nitrogens with zero attached hydrogens (tertiary/aromatic N) is 2. The second-order valence-electron chi connectivity index (χ2n) is 19.4. The Bertz CT molecular complexity index is 3140. The number of ether oxygens (including phenoxy) is 7. The fourth-order valence-electron chi connectivity index (χ4n) is 8.96. The summed E-state index contributed by atoms with van der Waals surface area (Å²) in [6.45, 7) is 10.1. The summed E-state index contributed by atoms with van der Waals surface area (Å²) in [6, 6.07) is 5.82. The zero-order valence-corrected chi connectivity index (χ0v) is 55.0. The number of hydrogen-bond donors (Lipinski definition) is 3. The Morgan fingerprint density at radius 1 is 0.747 bits per heavy atom. The van der Waals surface area contributed by atoms with Gasteiger partial charge in [0.25, 0.3) is 18.3 Å². The van der Waals surface area contributed by atoms with Crippen LogP contribution >= 0.6 is 22.6 Å². The predicted molar refractivity (Wildman–Crippen MR) is 279 cm³/mol. The maximum Gasteiger partial charge on any atom is 1.00 e. The van der Waals surface area contributed by atoms with Crippen molar-refractivity contribution in [3.8, 4) is 11.5 Å². The molecule has 0 radical (unpaired) electrons. The van der Waals surface area contributed by atoms with Gasteiger partial charge in [0.15, 0.2) is 23.1 Å². The first-order valence-corrected chi connectivity index (χ1v) is 26.4. The summed E-state index contributed by atoms with van der Waals surface area (Å²) in [5, 5.41) is 23.7. The minimum absolute atomic E-state index is 0. The van der Waals surface area contributed by atoms with Gasteiger partial charge in [-0.15, -0.1) is 0 Å². The molecule has 3 N–H and O–H groups in total. The van der Waals surface area contributed by atoms with Gasteiger partial charge in [0.1, 0.15) is 50.4 Å².